The molecule has 0 unspecified atom stereocenters. The van der Waals surface area contributed by atoms with Crippen molar-refractivity contribution in [3.63, 3.8) is 0 Å². The SMILES string of the molecule is C=C1C[C@H](CCCOC(c2ccccc2)(c2ccccc2)c2ccc(OC)cc2)O[C@H]1CC[C@H]1C[C@@H](C)C(=C)[C@@H](C[C@@H]2O[C@H](C[C@@H](CO[Si](C)(C)C(C)(C)C)O[Si](C)(C)C(C)(C)C)[C@H](OC)[C@H]2CO)O1. The number of rotatable bonds is 23. The van der Waals surface area contributed by atoms with E-state index in [2.05, 4.69) is 148 Å². The maximum absolute atomic E-state index is 10.9. The van der Waals surface area contributed by atoms with Crippen LogP contribution in [-0.4, -0.2) is 105 Å². The molecule has 3 saturated heterocycles. The first-order chi connectivity index (χ1) is 33.0. The Morgan fingerprint density at radius 2 is 1.30 bits per heavy atom. The molecule has 0 aromatic heterocycles. The van der Waals surface area contributed by atoms with Crippen molar-refractivity contribution in [1.29, 1.82) is 0 Å². The average Bonchev–Trinajstić information content (AvgIpc) is 3.85. The lowest BCUT2D eigenvalue weighted by Crippen LogP contribution is -2.49. The summed E-state index contributed by atoms with van der Waals surface area (Å²) in [4.78, 5) is 0. The zero-order chi connectivity index (χ0) is 51.1. The third-order valence-corrected chi connectivity index (χ3v) is 25.7. The number of benzene rings is 3. The Balaban J connectivity index is 1.05. The second-order valence-electron chi connectivity index (χ2n) is 23.6. The van der Waals surface area contributed by atoms with Crippen molar-refractivity contribution < 1.29 is 42.4 Å². The normalized spacial score (nSPS) is 26.5. The van der Waals surface area contributed by atoms with Crippen LogP contribution in [0, 0.1) is 11.8 Å². The van der Waals surface area contributed by atoms with E-state index in [0.717, 1.165) is 72.1 Å². The lowest BCUT2D eigenvalue weighted by molar-refractivity contribution is -0.0795. The fourth-order valence-electron chi connectivity index (χ4n) is 10.3. The summed E-state index contributed by atoms with van der Waals surface area (Å²) in [5.41, 5.74) is 4.66. The third-order valence-electron chi connectivity index (χ3n) is 16.7. The van der Waals surface area contributed by atoms with Crippen molar-refractivity contribution in [3.8, 4) is 5.75 Å². The molecule has 3 aliphatic heterocycles. The van der Waals surface area contributed by atoms with Crippen molar-refractivity contribution in [3.05, 3.63) is 126 Å². The van der Waals surface area contributed by atoms with Gasteiger partial charge in [0.25, 0.3) is 0 Å². The van der Waals surface area contributed by atoms with Gasteiger partial charge in [0, 0.05) is 32.5 Å². The Bertz CT molecular complexity index is 2060. The predicted molar refractivity (Wildman–Crippen MR) is 289 cm³/mol. The van der Waals surface area contributed by atoms with Crippen molar-refractivity contribution in [2.24, 2.45) is 11.8 Å². The fraction of sp³-hybridized carbons (Fsp3) is 0.627. The van der Waals surface area contributed by atoms with Gasteiger partial charge in [-0.25, -0.2) is 0 Å². The summed E-state index contributed by atoms with van der Waals surface area (Å²) in [6.07, 6.45) is 5.40. The fourth-order valence-corrected chi connectivity index (χ4v) is 12.6. The minimum Gasteiger partial charge on any atom is -0.497 e. The van der Waals surface area contributed by atoms with E-state index in [0.29, 0.717) is 32.0 Å². The van der Waals surface area contributed by atoms with Gasteiger partial charge in [-0.3, -0.25) is 0 Å². The van der Waals surface area contributed by atoms with Gasteiger partial charge in [-0.1, -0.05) is 134 Å². The van der Waals surface area contributed by atoms with Crippen molar-refractivity contribution in [1.82, 2.24) is 0 Å². The molecule has 0 bridgehead atoms. The van der Waals surface area contributed by atoms with Crippen molar-refractivity contribution >= 4 is 16.6 Å². The highest BCUT2D eigenvalue weighted by Crippen LogP contribution is 2.45. The average molecular weight is 1000 g/mol. The molecule has 1 N–H and O–H groups in total. The van der Waals surface area contributed by atoms with Gasteiger partial charge in [-0.2, -0.15) is 0 Å². The Morgan fingerprint density at radius 3 is 1.86 bits per heavy atom. The monoisotopic (exact) mass is 999 g/mol. The first kappa shape index (κ1) is 56.4. The Kier molecular flexibility index (Phi) is 19.3. The van der Waals surface area contributed by atoms with Gasteiger partial charge in [0.05, 0.1) is 69.2 Å². The van der Waals surface area contributed by atoms with E-state index in [4.69, 9.17) is 37.3 Å². The second kappa shape index (κ2) is 23.9. The number of methoxy groups -OCH3 is 2. The summed E-state index contributed by atoms with van der Waals surface area (Å²) in [5, 5.41) is 11.0. The van der Waals surface area contributed by atoms with Gasteiger partial charge in [-0.15, -0.1) is 0 Å². The lowest BCUT2D eigenvalue weighted by atomic mass is 9.80. The van der Waals surface area contributed by atoms with Crippen LogP contribution in [-0.2, 0) is 38.1 Å². The first-order valence-electron chi connectivity index (χ1n) is 26.2. The van der Waals surface area contributed by atoms with Gasteiger partial charge in [-0.05, 0) is 121 Å². The molecule has 0 saturated carbocycles. The van der Waals surface area contributed by atoms with Crippen LogP contribution in [0.2, 0.25) is 36.3 Å². The zero-order valence-electron chi connectivity index (χ0n) is 45.3. The number of ether oxygens (including phenoxy) is 6. The van der Waals surface area contributed by atoms with Gasteiger partial charge >= 0.3 is 0 Å². The number of aliphatic hydroxyl groups is 1. The van der Waals surface area contributed by atoms with Crippen LogP contribution in [0.1, 0.15) is 117 Å². The van der Waals surface area contributed by atoms with Gasteiger partial charge < -0.3 is 42.4 Å². The third kappa shape index (κ3) is 13.4. The molecule has 3 aromatic rings. The molecule has 3 aromatic carbocycles. The molecule has 3 heterocycles. The van der Waals surface area contributed by atoms with Crippen molar-refractivity contribution in [2.75, 3.05) is 34.0 Å². The Morgan fingerprint density at radius 1 is 0.714 bits per heavy atom. The molecule has 3 aliphatic rings. The molecular formula is C59H90O9Si2. The summed E-state index contributed by atoms with van der Waals surface area (Å²) in [7, 11) is -0.773. The molecule has 70 heavy (non-hydrogen) atoms. The quantitative estimate of drug-likeness (QED) is 0.0431. The highest BCUT2D eigenvalue weighted by Gasteiger charge is 2.49. The van der Waals surface area contributed by atoms with E-state index in [1.807, 2.05) is 24.3 Å². The highest BCUT2D eigenvalue weighted by atomic mass is 28.4. The molecule has 388 valence electrons. The molecule has 0 amide bonds. The van der Waals surface area contributed by atoms with E-state index in [1.165, 1.54) is 0 Å². The Hall–Kier alpha value is -2.95. The van der Waals surface area contributed by atoms with Crippen LogP contribution in [0.25, 0.3) is 0 Å². The van der Waals surface area contributed by atoms with E-state index >= 15 is 0 Å². The molecule has 6 rings (SSSR count). The van der Waals surface area contributed by atoms with Crippen LogP contribution in [0.15, 0.2) is 109 Å². The second-order valence-corrected chi connectivity index (χ2v) is 33.1. The number of hydrogen-bond donors (Lipinski definition) is 1. The molecule has 10 atom stereocenters. The minimum absolute atomic E-state index is 0.0114. The topological polar surface area (TPSA) is 94.1 Å². The van der Waals surface area contributed by atoms with E-state index in [-0.39, 0.29) is 71.4 Å². The van der Waals surface area contributed by atoms with Crippen LogP contribution in [0.4, 0.5) is 0 Å². The maximum atomic E-state index is 10.9. The summed E-state index contributed by atoms with van der Waals surface area (Å²) in [6.45, 7) is 35.2. The Labute approximate surface area is 425 Å². The van der Waals surface area contributed by atoms with Crippen LogP contribution in [0.3, 0.4) is 0 Å². The zero-order valence-corrected chi connectivity index (χ0v) is 47.3. The maximum Gasteiger partial charge on any atom is 0.192 e. The van der Waals surface area contributed by atoms with Gasteiger partial charge in [0.15, 0.2) is 16.6 Å². The molecule has 9 nitrogen and oxygen atoms in total. The van der Waals surface area contributed by atoms with Gasteiger partial charge in [0.2, 0.25) is 0 Å². The standard InChI is InChI=1S/C59H90O9Si2/c1-41-35-49(66-53(43(41)3)38-54-51(39-60)56(62-11)55(67-54)37-50(68-70(14,15)58(7,8)9)40-64-69(12,13)57(4,5)6)32-33-52-42(2)36-48(65-52)27-22-34-63-59(44-23-18-16-19-24-44,45-25-20-17-21-26-45)46-28-30-47(61-10)31-29-46/h16-21,23-26,28-31,41,48-56,60H,2-3,22,27,32-40H2,1,4-15H3/t41-,48+,49+,50+,51+,52+,53-,54+,55-,56-/m1/s1. The van der Waals surface area contributed by atoms with Crippen LogP contribution >= 0.6 is 0 Å². The predicted octanol–water partition coefficient (Wildman–Crippen LogP) is 13.2. The van der Waals surface area contributed by atoms with Crippen molar-refractivity contribution in [2.45, 2.75) is 191 Å². The van der Waals surface area contributed by atoms with E-state index in [1.54, 1.807) is 14.2 Å². The summed E-state index contributed by atoms with van der Waals surface area (Å²) < 4.78 is 53.4. The minimum atomic E-state index is -2.16. The van der Waals surface area contributed by atoms with E-state index < -0.39 is 22.2 Å². The van der Waals surface area contributed by atoms with E-state index in [9.17, 15) is 5.11 Å². The molecule has 0 spiro atoms. The summed E-state index contributed by atoms with van der Waals surface area (Å²) in [5.74, 6) is 0.894. The van der Waals surface area contributed by atoms with Crippen LogP contribution < -0.4 is 4.74 Å². The number of aliphatic hydroxyl groups excluding tert-OH is 1. The molecule has 0 radical (unpaired) electrons. The first-order valence-corrected chi connectivity index (χ1v) is 32.0. The molecule has 0 aliphatic carbocycles. The number of hydrogen-bond acceptors (Lipinski definition) is 9. The molecular weight excluding hydrogens is 909 g/mol. The summed E-state index contributed by atoms with van der Waals surface area (Å²) in [6, 6.07) is 29.2. The smallest absolute Gasteiger partial charge is 0.192 e. The highest BCUT2D eigenvalue weighted by molar-refractivity contribution is 6.74. The van der Waals surface area contributed by atoms with Crippen LogP contribution in [0.5, 0.6) is 5.75 Å². The summed E-state index contributed by atoms with van der Waals surface area (Å²) >= 11 is 0. The molecule has 11 heteroatoms. The van der Waals surface area contributed by atoms with Gasteiger partial charge in [0.1, 0.15) is 11.4 Å². The lowest BCUT2D eigenvalue weighted by Gasteiger charge is -2.42. The largest absolute Gasteiger partial charge is 0.497 e. The molecule has 3 fully saturated rings.